The van der Waals surface area contributed by atoms with E-state index in [1.807, 2.05) is 5.32 Å². The van der Waals surface area contributed by atoms with Crippen LogP contribution in [0.1, 0.15) is 12.0 Å². The number of amides is 3. The smallest absolute Gasteiger partial charge is 0.307 e. The molecule has 0 spiro atoms. The molecule has 0 aliphatic carbocycles. The number of halogens is 5. The molecule has 0 unspecified atom stereocenters. The molecule has 3 amide bonds. The van der Waals surface area contributed by atoms with Gasteiger partial charge in [-0.2, -0.15) is 13.2 Å². The van der Waals surface area contributed by atoms with Gasteiger partial charge in [-0.1, -0.05) is 0 Å². The molecule has 0 aromatic heterocycles. The van der Waals surface area contributed by atoms with E-state index in [4.69, 9.17) is 11.6 Å². The van der Waals surface area contributed by atoms with Crippen molar-refractivity contribution >= 4 is 45.2 Å². The lowest BCUT2D eigenvalue weighted by molar-refractivity contribution is -0.137. The topological polar surface area (TPSA) is 58.2 Å². The van der Waals surface area contributed by atoms with Crippen LogP contribution in [0.2, 0.25) is 0 Å². The Bertz CT molecular complexity index is 523. The van der Waals surface area contributed by atoms with Gasteiger partial charge in [0.1, 0.15) is 0 Å². The van der Waals surface area contributed by atoms with Gasteiger partial charge in [0.05, 0.1) is 11.3 Å². The maximum atomic E-state index is 12.5. The van der Waals surface area contributed by atoms with Gasteiger partial charge in [-0.15, -0.1) is 11.6 Å². The standard InChI is InChI=1S/C11H9BrClF3N2O2/c12-7-2-1-6(11(14,15)16)5-8(7)17-10(20)18-9(19)3-4-13/h1-2,5H,3-4H2,(H2,17,18,19,20). The minimum Gasteiger partial charge on any atom is -0.307 e. The van der Waals surface area contributed by atoms with Crippen LogP contribution in [0.25, 0.3) is 0 Å². The number of urea groups is 1. The predicted molar refractivity (Wildman–Crippen MR) is 71.6 cm³/mol. The van der Waals surface area contributed by atoms with Gasteiger partial charge in [0.25, 0.3) is 0 Å². The van der Waals surface area contributed by atoms with Crippen LogP contribution in [0.5, 0.6) is 0 Å². The van der Waals surface area contributed by atoms with Crippen LogP contribution in [-0.4, -0.2) is 17.8 Å². The Balaban J connectivity index is 2.81. The Labute approximate surface area is 125 Å². The van der Waals surface area contributed by atoms with Crippen molar-refractivity contribution in [1.29, 1.82) is 0 Å². The molecule has 1 aromatic rings. The summed E-state index contributed by atoms with van der Waals surface area (Å²) in [7, 11) is 0. The third-order valence-electron chi connectivity index (χ3n) is 2.12. The lowest BCUT2D eigenvalue weighted by Crippen LogP contribution is -2.34. The van der Waals surface area contributed by atoms with Gasteiger partial charge >= 0.3 is 12.2 Å². The maximum Gasteiger partial charge on any atom is 0.416 e. The van der Waals surface area contributed by atoms with E-state index in [0.29, 0.717) is 0 Å². The first-order valence-electron chi connectivity index (χ1n) is 5.27. The highest BCUT2D eigenvalue weighted by atomic mass is 79.9. The third-order valence-corrected chi connectivity index (χ3v) is 3.00. The Morgan fingerprint density at radius 1 is 1.30 bits per heavy atom. The highest BCUT2D eigenvalue weighted by Crippen LogP contribution is 2.33. The van der Waals surface area contributed by atoms with E-state index in [1.54, 1.807) is 0 Å². The molecule has 0 atom stereocenters. The highest BCUT2D eigenvalue weighted by molar-refractivity contribution is 9.10. The lowest BCUT2D eigenvalue weighted by atomic mass is 10.2. The van der Waals surface area contributed by atoms with Crippen LogP contribution in [0.3, 0.4) is 0 Å². The number of benzene rings is 1. The molecule has 0 radical (unpaired) electrons. The fraction of sp³-hybridized carbons (Fsp3) is 0.273. The summed E-state index contributed by atoms with van der Waals surface area (Å²) in [5, 5.41) is 4.09. The molecule has 2 N–H and O–H groups in total. The molecule has 20 heavy (non-hydrogen) atoms. The van der Waals surface area contributed by atoms with Crippen molar-refractivity contribution in [3.63, 3.8) is 0 Å². The van der Waals surface area contributed by atoms with Gasteiger partial charge in [0.2, 0.25) is 5.91 Å². The van der Waals surface area contributed by atoms with Crippen LogP contribution >= 0.6 is 27.5 Å². The molecule has 1 aromatic carbocycles. The molecule has 0 aliphatic heterocycles. The summed E-state index contributed by atoms with van der Waals surface area (Å²) in [5.41, 5.74) is -1.01. The quantitative estimate of drug-likeness (QED) is 0.793. The van der Waals surface area contributed by atoms with E-state index in [1.165, 1.54) is 0 Å². The number of imide groups is 1. The maximum absolute atomic E-state index is 12.5. The van der Waals surface area contributed by atoms with Crippen LogP contribution in [-0.2, 0) is 11.0 Å². The first-order valence-corrected chi connectivity index (χ1v) is 6.60. The van der Waals surface area contributed by atoms with Crippen molar-refractivity contribution < 1.29 is 22.8 Å². The largest absolute Gasteiger partial charge is 0.416 e. The summed E-state index contributed by atoms with van der Waals surface area (Å²) in [4.78, 5) is 22.5. The molecule has 4 nitrogen and oxygen atoms in total. The Morgan fingerprint density at radius 2 is 1.95 bits per heavy atom. The van der Waals surface area contributed by atoms with Crippen molar-refractivity contribution in [3.05, 3.63) is 28.2 Å². The normalized spacial score (nSPS) is 11.1. The number of hydrogen-bond donors (Lipinski definition) is 2. The van der Waals surface area contributed by atoms with Gasteiger partial charge in [-0.05, 0) is 34.1 Å². The minimum atomic E-state index is -4.53. The van der Waals surface area contributed by atoms with Crippen LogP contribution in [0.4, 0.5) is 23.7 Å². The van der Waals surface area contributed by atoms with Gasteiger partial charge in [-0.25, -0.2) is 4.79 Å². The molecule has 0 bridgehead atoms. The van der Waals surface area contributed by atoms with E-state index < -0.39 is 23.7 Å². The third kappa shape index (κ3) is 5.01. The SMILES string of the molecule is O=C(CCCl)NC(=O)Nc1cc(C(F)(F)F)ccc1Br. The zero-order chi connectivity index (χ0) is 15.3. The molecule has 0 saturated heterocycles. The second kappa shape index (κ2) is 6.94. The molecule has 1 rings (SSSR count). The first-order chi connectivity index (χ1) is 9.24. The Kier molecular flexibility index (Phi) is 5.82. The van der Waals surface area contributed by atoms with Crippen LogP contribution in [0, 0.1) is 0 Å². The monoisotopic (exact) mass is 372 g/mol. The average Bonchev–Trinajstić information content (AvgIpc) is 2.30. The molecule has 9 heteroatoms. The molecule has 0 heterocycles. The molecular formula is C11H9BrClF3N2O2. The number of rotatable bonds is 3. The summed E-state index contributed by atoms with van der Waals surface area (Å²) in [6.07, 6.45) is -4.60. The first kappa shape index (κ1) is 16.8. The number of hydrogen-bond acceptors (Lipinski definition) is 2. The fourth-order valence-corrected chi connectivity index (χ4v) is 1.74. The number of carbonyl (C=O) groups is 2. The van der Waals surface area contributed by atoms with Crippen molar-refractivity contribution in [2.24, 2.45) is 0 Å². The van der Waals surface area contributed by atoms with E-state index in [0.717, 1.165) is 18.2 Å². The molecular weight excluding hydrogens is 364 g/mol. The van der Waals surface area contributed by atoms with Gasteiger partial charge in [0.15, 0.2) is 0 Å². The Morgan fingerprint density at radius 3 is 2.50 bits per heavy atom. The second-order valence-corrected chi connectivity index (χ2v) is 4.87. The molecule has 0 aliphatic rings. The van der Waals surface area contributed by atoms with E-state index in [-0.39, 0.29) is 22.5 Å². The molecule has 0 saturated carbocycles. The van der Waals surface area contributed by atoms with E-state index in [9.17, 15) is 22.8 Å². The summed E-state index contributed by atoms with van der Waals surface area (Å²) < 4.78 is 37.9. The highest BCUT2D eigenvalue weighted by Gasteiger charge is 2.31. The minimum absolute atomic E-state index is 0.0341. The van der Waals surface area contributed by atoms with E-state index >= 15 is 0 Å². The lowest BCUT2D eigenvalue weighted by Gasteiger charge is -2.12. The van der Waals surface area contributed by atoms with Gasteiger partial charge in [-0.3, -0.25) is 10.1 Å². The van der Waals surface area contributed by atoms with E-state index in [2.05, 4.69) is 21.2 Å². The zero-order valence-corrected chi connectivity index (χ0v) is 12.2. The van der Waals surface area contributed by atoms with Crippen molar-refractivity contribution in [3.8, 4) is 0 Å². The second-order valence-electron chi connectivity index (χ2n) is 3.63. The molecule has 0 fully saturated rings. The summed E-state index contributed by atoms with van der Waals surface area (Å²) >= 11 is 8.32. The van der Waals surface area contributed by atoms with Crippen molar-refractivity contribution in [2.75, 3.05) is 11.2 Å². The number of carbonyl (C=O) groups excluding carboxylic acids is 2. The zero-order valence-electron chi connectivity index (χ0n) is 9.85. The number of nitrogens with one attached hydrogen (secondary N) is 2. The molecule has 110 valence electrons. The summed E-state index contributed by atoms with van der Waals surface area (Å²) in [5.74, 6) is -0.590. The van der Waals surface area contributed by atoms with Gasteiger partial charge < -0.3 is 5.32 Å². The fourth-order valence-electron chi connectivity index (χ4n) is 1.23. The average molecular weight is 374 g/mol. The number of alkyl halides is 4. The number of anilines is 1. The van der Waals surface area contributed by atoms with Gasteiger partial charge in [0, 0.05) is 16.8 Å². The predicted octanol–water partition coefficient (Wildman–Crippen LogP) is 3.74. The van der Waals surface area contributed by atoms with Crippen LogP contribution in [0.15, 0.2) is 22.7 Å². The summed E-state index contributed by atoms with van der Waals surface area (Å²) in [6, 6.07) is 1.85. The Hall–Kier alpha value is -1.28. The van der Waals surface area contributed by atoms with Crippen LogP contribution < -0.4 is 10.6 Å². The van der Waals surface area contributed by atoms with Crippen molar-refractivity contribution in [1.82, 2.24) is 5.32 Å². The van der Waals surface area contributed by atoms with Crippen molar-refractivity contribution in [2.45, 2.75) is 12.6 Å². The summed E-state index contributed by atoms with van der Waals surface area (Å²) in [6.45, 7) is 0.